The van der Waals surface area contributed by atoms with E-state index in [0.717, 1.165) is 28.5 Å². The van der Waals surface area contributed by atoms with Crippen molar-refractivity contribution in [3.63, 3.8) is 0 Å². The van der Waals surface area contributed by atoms with E-state index < -0.39 is 11.9 Å². The highest BCUT2D eigenvalue weighted by Crippen LogP contribution is 2.24. The first-order valence-corrected chi connectivity index (χ1v) is 11.8. The number of aryl methyl sites for hydroxylation is 1. The van der Waals surface area contributed by atoms with Crippen LogP contribution in [-0.2, 0) is 11.3 Å². The second kappa shape index (κ2) is 10.4. The van der Waals surface area contributed by atoms with Crippen molar-refractivity contribution in [2.75, 3.05) is 5.75 Å². The van der Waals surface area contributed by atoms with Crippen LogP contribution in [0.15, 0.2) is 82.7 Å². The topological polar surface area (TPSA) is 93.1 Å². The van der Waals surface area contributed by atoms with Crippen LogP contribution in [0.2, 0.25) is 0 Å². The molecule has 0 aliphatic carbocycles. The number of rotatable bonds is 6. The van der Waals surface area contributed by atoms with Crippen LogP contribution in [0, 0.1) is 13.8 Å². The van der Waals surface area contributed by atoms with Gasteiger partial charge in [-0.2, -0.15) is 0 Å². The molecule has 0 radical (unpaired) electrons. The Balaban J connectivity index is 1.54. The number of urea groups is 1. The van der Waals surface area contributed by atoms with Gasteiger partial charge in [0.05, 0.1) is 22.3 Å². The number of imide groups is 1. The first kappa shape index (κ1) is 23.3. The molecule has 0 saturated heterocycles. The van der Waals surface area contributed by atoms with Gasteiger partial charge in [0.25, 0.3) is 5.56 Å². The van der Waals surface area contributed by atoms with Gasteiger partial charge >= 0.3 is 6.03 Å². The minimum absolute atomic E-state index is 0.0750. The van der Waals surface area contributed by atoms with Crippen molar-refractivity contribution in [1.82, 2.24) is 20.2 Å². The molecule has 3 amide bonds. The van der Waals surface area contributed by atoms with Crippen LogP contribution in [0.4, 0.5) is 4.79 Å². The van der Waals surface area contributed by atoms with Crippen LogP contribution >= 0.6 is 11.8 Å². The lowest BCUT2D eigenvalue weighted by Gasteiger charge is -2.16. The second-order valence-corrected chi connectivity index (χ2v) is 8.72. The second-order valence-electron chi connectivity index (χ2n) is 7.78. The normalized spacial score (nSPS) is 10.8. The number of thioether (sulfide) groups is 1. The van der Waals surface area contributed by atoms with Gasteiger partial charge in [0.15, 0.2) is 5.16 Å². The fourth-order valence-electron chi connectivity index (χ4n) is 3.51. The number of carbonyl (C=O) groups excluding carboxylic acids is 2. The van der Waals surface area contributed by atoms with E-state index in [1.165, 1.54) is 4.57 Å². The van der Waals surface area contributed by atoms with Gasteiger partial charge in [-0.05, 0) is 48.7 Å². The van der Waals surface area contributed by atoms with Crippen LogP contribution in [0.5, 0.6) is 0 Å². The quantitative estimate of drug-likeness (QED) is 0.325. The lowest BCUT2D eigenvalue weighted by atomic mass is 10.1. The molecule has 0 atom stereocenters. The smallest absolute Gasteiger partial charge is 0.321 e. The summed E-state index contributed by atoms with van der Waals surface area (Å²) in [6, 6.07) is 21.7. The number of nitrogens with one attached hydrogen (secondary N) is 2. The highest BCUT2D eigenvalue weighted by atomic mass is 32.2. The minimum atomic E-state index is -0.576. The number of aromatic nitrogens is 2. The molecular formula is C26H24N4O3S. The molecule has 0 spiro atoms. The Labute approximate surface area is 201 Å². The Bertz CT molecular complexity index is 1420. The van der Waals surface area contributed by atoms with Gasteiger partial charge in [0, 0.05) is 6.54 Å². The molecule has 8 heteroatoms. The van der Waals surface area contributed by atoms with Crippen molar-refractivity contribution in [3.8, 4) is 5.69 Å². The molecule has 7 nitrogen and oxygen atoms in total. The Morgan fingerprint density at radius 1 is 0.941 bits per heavy atom. The molecule has 172 valence electrons. The predicted molar refractivity (Wildman–Crippen MR) is 134 cm³/mol. The van der Waals surface area contributed by atoms with Crippen LogP contribution in [0.3, 0.4) is 0 Å². The summed E-state index contributed by atoms with van der Waals surface area (Å²) in [4.78, 5) is 42.6. The van der Waals surface area contributed by atoms with Gasteiger partial charge in [0.1, 0.15) is 0 Å². The number of nitrogens with zero attached hydrogens (tertiary/aromatic N) is 2. The fraction of sp³-hybridized carbons (Fsp3) is 0.154. The monoisotopic (exact) mass is 472 g/mol. The third-order valence-corrected chi connectivity index (χ3v) is 6.38. The first-order chi connectivity index (χ1) is 16.4. The molecule has 0 bridgehead atoms. The van der Waals surface area contributed by atoms with Crippen LogP contribution in [0.1, 0.15) is 16.7 Å². The Kier molecular flexibility index (Phi) is 7.08. The number of hydrogen-bond acceptors (Lipinski definition) is 5. The lowest BCUT2D eigenvalue weighted by molar-refractivity contribution is -0.117. The van der Waals surface area contributed by atoms with Gasteiger partial charge in [-0.15, -0.1) is 0 Å². The van der Waals surface area contributed by atoms with E-state index >= 15 is 0 Å². The average Bonchev–Trinajstić information content (AvgIpc) is 2.84. The third-order valence-electron chi connectivity index (χ3n) is 5.44. The molecule has 0 saturated carbocycles. The number of benzene rings is 3. The average molecular weight is 473 g/mol. The summed E-state index contributed by atoms with van der Waals surface area (Å²) < 4.78 is 1.54. The SMILES string of the molecule is Cc1cccc(-n2c(SCC(=O)NC(=O)NCc3ccccc3)nc3ccccc3c2=O)c1C. The van der Waals surface area contributed by atoms with E-state index in [2.05, 4.69) is 15.6 Å². The summed E-state index contributed by atoms with van der Waals surface area (Å²) in [5, 5.41) is 5.87. The van der Waals surface area contributed by atoms with E-state index in [1.54, 1.807) is 18.2 Å². The fourth-order valence-corrected chi connectivity index (χ4v) is 4.32. The Hall–Kier alpha value is -3.91. The molecule has 0 aliphatic rings. The molecule has 3 aromatic carbocycles. The standard InChI is InChI=1S/C26H24N4O3S/c1-17-9-8-14-22(18(17)2)30-24(32)20-12-6-7-13-21(20)28-26(30)34-16-23(31)29-25(33)27-15-19-10-4-3-5-11-19/h3-14H,15-16H2,1-2H3,(H2,27,29,31,33). The third kappa shape index (κ3) is 5.18. The molecule has 4 rings (SSSR count). The molecular weight excluding hydrogens is 448 g/mol. The minimum Gasteiger partial charge on any atom is -0.334 e. The van der Waals surface area contributed by atoms with E-state index in [-0.39, 0.29) is 11.3 Å². The summed E-state index contributed by atoms with van der Waals surface area (Å²) >= 11 is 1.11. The molecule has 4 aromatic rings. The number of para-hydroxylation sites is 1. The van der Waals surface area contributed by atoms with Crippen LogP contribution in [0.25, 0.3) is 16.6 Å². The molecule has 1 aromatic heterocycles. The van der Waals surface area contributed by atoms with E-state index in [1.807, 2.05) is 68.4 Å². The van der Waals surface area contributed by atoms with Crippen molar-refractivity contribution in [3.05, 3.63) is 99.8 Å². The summed E-state index contributed by atoms with van der Waals surface area (Å²) in [5.74, 6) is -0.556. The van der Waals surface area contributed by atoms with Crippen molar-refractivity contribution in [2.45, 2.75) is 25.5 Å². The largest absolute Gasteiger partial charge is 0.334 e. The van der Waals surface area contributed by atoms with Crippen LogP contribution in [-0.4, -0.2) is 27.2 Å². The van der Waals surface area contributed by atoms with Crippen molar-refractivity contribution >= 4 is 34.6 Å². The van der Waals surface area contributed by atoms with Gasteiger partial charge in [-0.3, -0.25) is 19.5 Å². The zero-order valence-electron chi connectivity index (χ0n) is 18.9. The van der Waals surface area contributed by atoms with Crippen molar-refractivity contribution < 1.29 is 9.59 Å². The summed E-state index contributed by atoms with van der Waals surface area (Å²) in [6.45, 7) is 4.24. The Morgan fingerprint density at radius 3 is 2.47 bits per heavy atom. The highest BCUT2D eigenvalue weighted by molar-refractivity contribution is 7.99. The van der Waals surface area contributed by atoms with Gasteiger partial charge < -0.3 is 5.32 Å². The molecule has 34 heavy (non-hydrogen) atoms. The van der Waals surface area contributed by atoms with E-state index in [0.29, 0.717) is 28.3 Å². The molecule has 1 heterocycles. The molecule has 2 N–H and O–H groups in total. The highest BCUT2D eigenvalue weighted by Gasteiger charge is 2.17. The number of fused-ring (bicyclic) bond motifs is 1. The van der Waals surface area contributed by atoms with Gasteiger partial charge in [-0.25, -0.2) is 9.78 Å². The summed E-state index contributed by atoms with van der Waals surface area (Å²) in [6.07, 6.45) is 0. The number of amides is 3. The van der Waals surface area contributed by atoms with Gasteiger partial charge in [0.2, 0.25) is 5.91 Å². The van der Waals surface area contributed by atoms with E-state index in [4.69, 9.17) is 0 Å². The zero-order valence-corrected chi connectivity index (χ0v) is 19.7. The maximum Gasteiger partial charge on any atom is 0.321 e. The number of carbonyl (C=O) groups is 2. The lowest BCUT2D eigenvalue weighted by Crippen LogP contribution is -2.40. The maximum absolute atomic E-state index is 13.4. The van der Waals surface area contributed by atoms with E-state index in [9.17, 15) is 14.4 Å². The van der Waals surface area contributed by atoms with Crippen molar-refractivity contribution in [2.24, 2.45) is 0 Å². The maximum atomic E-state index is 13.4. The van der Waals surface area contributed by atoms with Crippen LogP contribution < -0.4 is 16.2 Å². The Morgan fingerprint density at radius 2 is 1.68 bits per heavy atom. The predicted octanol–water partition coefficient (Wildman–Crippen LogP) is 4.12. The zero-order chi connectivity index (χ0) is 24.1. The molecule has 0 fully saturated rings. The summed E-state index contributed by atoms with van der Waals surface area (Å²) in [5.41, 5.74) is 3.99. The molecule has 0 unspecified atom stereocenters. The molecule has 0 aliphatic heterocycles. The summed E-state index contributed by atoms with van der Waals surface area (Å²) in [7, 11) is 0. The first-order valence-electron chi connectivity index (χ1n) is 10.8. The van der Waals surface area contributed by atoms with Gasteiger partial charge in [-0.1, -0.05) is 66.4 Å². The number of hydrogen-bond donors (Lipinski definition) is 2. The van der Waals surface area contributed by atoms with Crippen molar-refractivity contribution in [1.29, 1.82) is 0 Å².